The van der Waals surface area contributed by atoms with Crippen LogP contribution in [0.4, 0.5) is 24.5 Å². The fourth-order valence-electron chi connectivity index (χ4n) is 2.92. The van der Waals surface area contributed by atoms with Crippen LogP contribution in [0.2, 0.25) is 0 Å². The number of halogens is 3. The van der Waals surface area contributed by atoms with Crippen LogP contribution in [0, 0.1) is 0 Å². The number of rotatable bonds is 3. The van der Waals surface area contributed by atoms with Crippen LogP contribution in [0.5, 0.6) is 0 Å². The molecule has 0 bridgehead atoms. The lowest BCUT2D eigenvalue weighted by Crippen LogP contribution is -2.13. The van der Waals surface area contributed by atoms with Crippen molar-refractivity contribution in [2.24, 2.45) is 0 Å². The van der Waals surface area contributed by atoms with E-state index in [1.807, 2.05) is 6.07 Å². The number of nitrogens with zero attached hydrogens (tertiary/aromatic N) is 2. The van der Waals surface area contributed by atoms with Gasteiger partial charge in [0.05, 0.1) is 16.8 Å². The number of aromatic nitrogens is 3. The van der Waals surface area contributed by atoms with Crippen molar-refractivity contribution >= 4 is 28.2 Å². The van der Waals surface area contributed by atoms with E-state index < -0.39 is 17.6 Å². The van der Waals surface area contributed by atoms with Gasteiger partial charge in [-0.2, -0.15) is 18.3 Å². The Hall–Kier alpha value is -3.88. The third kappa shape index (κ3) is 3.75. The van der Waals surface area contributed by atoms with Gasteiger partial charge in [0.25, 0.3) is 5.91 Å². The lowest BCUT2D eigenvalue weighted by Gasteiger charge is -2.08. The first kappa shape index (κ1) is 18.5. The number of fused-ring (bicyclic) bond motifs is 1. The number of amides is 1. The van der Waals surface area contributed by atoms with Crippen LogP contribution in [-0.2, 0) is 6.18 Å². The number of benzene rings is 2. The van der Waals surface area contributed by atoms with Gasteiger partial charge in [0.15, 0.2) is 5.69 Å². The van der Waals surface area contributed by atoms with Gasteiger partial charge in [-0.3, -0.25) is 14.9 Å². The molecule has 2 aromatic carbocycles. The number of hydrogen-bond donors (Lipinski definition) is 3. The first-order valence-electron chi connectivity index (χ1n) is 8.49. The number of nitrogens with two attached hydrogens (primary N) is 1. The molecule has 0 aliphatic heterocycles. The summed E-state index contributed by atoms with van der Waals surface area (Å²) >= 11 is 0. The number of hydrogen-bond acceptors (Lipinski definition) is 4. The van der Waals surface area contributed by atoms with Gasteiger partial charge in [-0.25, -0.2) is 0 Å². The van der Waals surface area contributed by atoms with E-state index >= 15 is 0 Å². The van der Waals surface area contributed by atoms with Crippen molar-refractivity contribution in [3.8, 4) is 11.1 Å². The van der Waals surface area contributed by atoms with E-state index in [0.29, 0.717) is 16.6 Å². The second-order valence-corrected chi connectivity index (χ2v) is 6.37. The number of nitrogen functional groups attached to an aromatic ring is 1. The van der Waals surface area contributed by atoms with Crippen molar-refractivity contribution in [1.82, 2.24) is 15.2 Å². The minimum Gasteiger partial charge on any atom is -0.397 e. The zero-order chi connectivity index (χ0) is 20.6. The Bertz CT molecular complexity index is 1200. The van der Waals surface area contributed by atoms with Gasteiger partial charge in [0, 0.05) is 29.0 Å². The zero-order valence-electron chi connectivity index (χ0n) is 14.8. The van der Waals surface area contributed by atoms with Crippen LogP contribution < -0.4 is 11.1 Å². The number of H-pyrrole nitrogens is 1. The van der Waals surface area contributed by atoms with Crippen LogP contribution >= 0.6 is 0 Å². The largest absolute Gasteiger partial charge is 0.416 e. The third-order valence-corrected chi connectivity index (χ3v) is 4.34. The summed E-state index contributed by atoms with van der Waals surface area (Å²) in [5, 5.41) is 9.94. The highest BCUT2D eigenvalue weighted by molar-refractivity contribution is 6.11. The molecule has 0 saturated carbocycles. The molecule has 0 atom stereocenters. The summed E-state index contributed by atoms with van der Waals surface area (Å²) in [6.07, 6.45) is -1.25. The summed E-state index contributed by atoms with van der Waals surface area (Å²) in [5.74, 6) is -0.543. The number of aromatic amines is 1. The van der Waals surface area contributed by atoms with Crippen LogP contribution in [0.1, 0.15) is 16.1 Å². The average molecular weight is 397 g/mol. The Morgan fingerprint density at radius 3 is 2.45 bits per heavy atom. The molecule has 9 heteroatoms. The molecule has 0 aliphatic rings. The van der Waals surface area contributed by atoms with Crippen LogP contribution in [0.3, 0.4) is 0 Å². The quantitative estimate of drug-likeness (QED) is 0.475. The summed E-state index contributed by atoms with van der Waals surface area (Å²) in [6.45, 7) is 0. The first-order chi connectivity index (χ1) is 13.8. The van der Waals surface area contributed by atoms with Gasteiger partial charge in [-0.1, -0.05) is 6.07 Å². The molecular formula is C20H14F3N5O. The monoisotopic (exact) mass is 397 g/mol. The van der Waals surface area contributed by atoms with Crippen molar-refractivity contribution in [2.45, 2.75) is 6.18 Å². The van der Waals surface area contributed by atoms with Gasteiger partial charge < -0.3 is 11.1 Å². The zero-order valence-corrected chi connectivity index (χ0v) is 14.8. The number of carbonyl (C=O) groups excluding carboxylic acids is 1. The summed E-state index contributed by atoms with van der Waals surface area (Å²) in [4.78, 5) is 16.7. The topological polar surface area (TPSA) is 96.7 Å². The van der Waals surface area contributed by atoms with Gasteiger partial charge in [-0.15, -0.1) is 0 Å². The molecule has 146 valence electrons. The number of alkyl halides is 3. The lowest BCUT2D eigenvalue weighted by atomic mass is 10.0. The Morgan fingerprint density at radius 1 is 1.00 bits per heavy atom. The second-order valence-electron chi connectivity index (χ2n) is 6.37. The summed E-state index contributed by atoms with van der Waals surface area (Å²) in [6, 6.07) is 11.3. The number of anilines is 2. The summed E-state index contributed by atoms with van der Waals surface area (Å²) in [7, 11) is 0. The van der Waals surface area contributed by atoms with Crippen molar-refractivity contribution in [1.29, 1.82) is 0 Å². The SMILES string of the molecule is Nc1cncc(-c2ccc3[nH]nc(C(=O)Nc4ccc(C(F)(F)F)cc4)c3c2)c1. The van der Waals surface area contributed by atoms with E-state index in [1.54, 1.807) is 24.4 Å². The predicted molar refractivity (Wildman–Crippen MR) is 103 cm³/mol. The minimum atomic E-state index is -4.44. The Labute approximate surface area is 162 Å². The van der Waals surface area contributed by atoms with Gasteiger partial charge in [-0.05, 0) is 48.0 Å². The van der Waals surface area contributed by atoms with E-state index in [1.165, 1.54) is 18.3 Å². The third-order valence-electron chi connectivity index (χ3n) is 4.34. The smallest absolute Gasteiger partial charge is 0.397 e. The molecule has 0 saturated heterocycles. The van der Waals surface area contributed by atoms with Crippen LogP contribution in [0.15, 0.2) is 60.9 Å². The number of carbonyl (C=O) groups is 1. The highest BCUT2D eigenvalue weighted by Crippen LogP contribution is 2.30. The van der Waals surface area contributed by atoms with Crippen molar-refractivity contribution in [2.75, 3.05) is 11.1 Å². The molecule has 0 unspecified atom stereocenters. The Balaban J connectivity index is 1.63. The maximum Gasteiger partial charge on any atom is 0.416 e. The highest BCUT2D eigenvalue weighted by atomic mass is 19.4. The maximum atomic E-state index is 12.7. The van der Waals surface area contributed by atoms with Gasteiger partial charge in [0.1, 0.15) is 0 Å². The molecule has 4 aromatic rings. The van der Waals surface area contributed by atoms with Crippen molar-refractivity contribution in [3.63, 3.8) is 0 Å². The highest BCUT2D eigenvalue weighted by Gasteiger charge is 2.30. The molecule has 0 radical (unpaired) electrons. The summed E-state index contributed by atoms with van der Waals surface area (Å²) < 4.78 is 38.0. The van der Waals surface area contributed by atoms with E-state index in [4.69, 9.17) is 5.73 Å². The fourth-order valence-corrected chi connectivity index (χ4v) is 2.92. The van der Waals surface area contributed by atoms with Gasteiger partial charge >= 0.3 is 6.18 Å². The molecule has 6 nitrogen and oxygen atoms in total. The molecular weight excluding hydrogens is 383 g/mol. The van der Waals surface area contributed by atoms with E-state index in [0.717, 1.165) is 23.3 Å². The fraction of sp³-hybridized carbons (Fsp3) is 0.0500. The molecule has 2 aromatic heterocycles. The molecule has 0 spiro atoms. The van der Waals surface area contributed by atoms with Gasteiger partial charge in [0.2, 0.25) is 0 Å². The lowest BCUT2D eigenvalue weighted by molar-refractivity contribution is -0.137. The molecule has 2 heterocycles. The normalized spacial score (nSPS) is 11.6. The minimum absolute atomic E-state index is 0.124. The maximum absolute atomic E-state index is 12.7. The van der Waals surface area contributed by atoms with Crippen LogP contribution in [0.25, 0.3) is 22.0 Å². The second kappa shape index (κ2) is 6.93. The van der Waals surface area contributed by atoms with E-state index in [9.17, 15) is 18.0 Å². The van der Waals surface area contributed by atoms with Crippen LogP contribution in [-0.4, -0.2) is 21.1 Å². The molecule has 0 fully saturated rings. The van der Waals surface area contributed by atoms with E-state index in [2.05, 4.69) is 20.5 Å². The van der Waals surface area contributed by atoms with E-state index in [-0.39, 0.29) is 11.4 Å². The molecule has 29 heavy (non-hydrogen) atoms. The number of pyridine rings is 1. The summed E-state index contributed by atoms with van der Waals surface area (Å²) in [5.41, 5.74) is 8.06. The molecule has 0 aliphatic carbocycles. The molecule has 4 rings (SSSR count). The van der Waals surface area contributed by atoms with Crippen molar-refractivity contribution in [3.05, 3.63) is 72.2 Å². The average Bonchev–Trinajstić information content (AvgIpc) is 3.11. The van der Waals surface area contributed by atoms with Crippen molar-refractivity contribution < 1.29 is 18.0 Å². The molecule has 4 N–H and O–H groups in total. The standard InChI is InChI=1S/C20H14F3N5O/c21-20(22,23)13-2-4-15(5-3-13)26-19(29)18-16-8-11(1-6-17(16)27-28-18)12-7-14(24)10-25-9-12/h1-10H,24H2,(H,26,29)(H,27,28). The number of nitrogens with one attached hydrogen (secondary N) is 2. The Morgan fingerprint density at radius 2 is 1.76 bits per heavy atom. The molecule has 1 amide bonds. The first-order valence-corrected chi connectivity index (χ1v) is 8.49. The Kier molecular flexibility index (Phi) is 4.42. The predicted octanol–water partition coefficient (Wildman–Crippen LogP) is 4.48.